The Morgan fingerprint density at radius 2 is 2.05 bits per heavy atom. The maximum atomic E-state index is 13.3. The highest BCUT2D eigenvalue weighted by atomic mass is 19.3. The van der Waals surface area contributed by atoms with Crippen molar-refractivity contribution in [2.75, 3.05) is 13.1 Å². The van der Waals surface area contributed by atoms with Crippen molar-refractivity contribution in [2.24, 2.45) is 0 Å². The molecule has 6 nitrogen and oxygen atoms in total. The predicted octanol–water partition coefficient (Wildman–Crippen LogP) is 1.79. The van der Waals surface area contributed by atoms with Gasteiger partial charge in [0.25, 0.3) is 0 Å². The second-order valence-electron chi connectivity index (χ2n) is 5.02. The minimum atomic E-state index is -2.97. The van der Waals surface area contributed by atoms with E-state index in [9.17, 15) is 23.5 Å². The highest BCUT2D eigenvalue weighted by molar-refractivity contribution is 5.81. The Balaban J connectivity index is 2.39. The summed E-state index contributed by atoms with van der Waals surface area (Å²) in [4.78, 5) is 24.1. The van der Waals surface area contributed by atoms with Gasteiger partial charge in [0, 0.05) is 18.7 Å². The minimum Gasteiger partial charge on any atom is -0.479 e. The molecule has 20 heavy (non-hydrogen) atoms. The zero-order valence-electron chi connectivity index (χ0n) is 11.0. The first-order valence-electron chi connectivity index (χ1n) is 6.33. The molecule has 0 aromatic heterocycles. The van der Waals surface area contributed by atoms with E-state index in [1.54, 1.807) is 6.92 Å². The number of aliphatic carboxylic acids is 1. The van der Waals surface area contributed by atoms with Crippen LogP contribution in [0.2, 0.25) is 0 Å². The van der Waals surface area contributed by atoms with Crippen LogP contribution >= 0.6 is 0 Å². The quantitative estimate of drug-likeness (QED) is 0.774. The molecule has 2 aliphatic heterocycles. The van der Waals surface area contributed by atoms with Crippen LogP contribution in [0.25, 0.3) is 0 Å². The number of alkyl halides is 2. The van der Waals surface area contributed by atoms with Gasteiger partial charge in [0.1, 0.15) is 5.54 Å². The van der Waals surface area contributed by atoms with Gasteiger partial charge in [-0.15, -0.1) is 0 Å². The molecule has 112 valence electrons. The van der Waals surface area contributed by atoms with E-state index in [0.29, 0.717) is 16.9 Å². The van der Waals surface area contributed by atoms with Gasteiger partial charge in [0.2, 0.25) is 0 Å². The highest BCUT2D eigenvalue weighted by Crippen LogP contribution is 2.45. The number of carboxylic acids is 1. The first-order chi connectivity index (χ1) is 9.33. The molecule has 1 unspecified atom stereocenters. The Labute approximate surface area is 114 Å². The summed E-state index contributed by atoms with van der Waals surface area (Å²) in [5.41, 5.74) is -0.877. The average Bonchev–Trinajstić information content (AvgIpc) is 2.72. The van der Waals surface area contributed by atoms with Crippen molar-refractivity contribution in [1.82, 2.24) is 9.80 Å². The summed E-state index contributed by atoms with van der Waals surface area (Å²) in [6.45, 7) is -1.38. The molecule has 2 aliphatic rings. The van der Waals surface area contributed by atoms with Gasteiger partial charge in [-0.05, 0) is 18.4 Å². The first kappa shape index (κ1) is 14.5. The molecule has 0 aromatic rings. The number of hydrogen-bond donors (Lipinski definition) is 2. The van der Waals surface area contributed by atoms with E-state index in [-0.39, 0.29) is 31.6 Å². The molecular formula is C12H16F2N2O4. The molecule has 0 saturated carbocycles. The summed E-state index contributed by atoms with van der Waals surface area (Å²) in [7, 11) is 0. The second kappa shape index (κ2) is 4.92. The van der Waals surface area contributed by atoms with Crippen LogP contribution in [0.5, 0.6) is 0 Å². The van der Waals surface area contributed by atoms with E-state index in [2.05, 4.69) is 0 Å². The molecule has 1 atom stereocenters. The monoisotopic (exact) mass is 290 g/mol. The third kappa shape index (κ3) is 1.99. The zero-order chi connectivity index (χ0) is 15.1. The molecule has 0 saturated heterocycles. The Bertz CT molecular complexity index is 480. The zero-order valence-corrected chi connectivity index (χ0v) is 11.0. The van der Waals surface area contributed by atoms with Crippen LogP contribution in [0.15, 0.2) is 11.3 Å². The lowest BCUT2D eigenvalue weighted by Gasteiger charge is -2.38. The maximum Gasteiger partial charge on any atom is 0.407 e. The number of hydrogen-bond acceptors (Lipinski definition) is 3. The van der Waals surface area contributed by atoms with Crippen molar-refractivity contribution in [1.29, 1.82) is 0 Å². The lowest BCUT2D eigenvalue weighted by molar-refractivity contribution is -0.159. The van der Waals surface area contributed by atoms with E-state index in [1.807, 2.05) is 0 Å². The molecule has 2 rings (SSSR count). The van der Waals surface area contributed by atoms with Gasteiger partial charge in [-0.25, -0.2) is 9.59 Å². The smallest absolute Gasteiger partial charge is 0.407 e. The van der Waals surface area contributed by atoms with Crippen molar-refractivity contribution in [2.45, 2.75) is 38.3 Å². The van der Waals surface area contributed by atoms with Crippen LogP contribution in [0.4, 0.5) is 13.6 Å². The normalized spacial score (nSPS) is 26.2. The third-order valence-corrected chi connectivity index (χ3v) is 4.14. The van der Waals surface area contributed by atoms with Crippen LogP contribution in [0.1, 0.15) is 26.2 Å². The summed E-state index contributed by atoms with van der Waals surface area (Å²) < 4.78 is 26.7. The van der Waals surface area contributed by atoms with E-state index >= 15 is 0 Å². The number of amides is 1. The van der Waals surface area contributed by atoms with E-state index in [1.165, 1.54) is 0 Å². The Kier molecular flexibility index (Phi) is 3.58. The molecule has 2 heterocycles. The molecule has 0 spiro atoms. The first-order valence-corrected chi connectivity index (χ1v) is 6.33. The van der Waals surface area contributed by atoms with Crippen LogP contribution in [-0.2, 0) is 4.79 Å². The third-order valence-electron chi connectivity index (χ3n) is 4.14. The molecule has 0 fully saturated rings. The van der Waals surface area contributed by atoms with Crippen LogP contribution in [0.3, 0.4) is 0 Å². The van der Waals surface area contributed by atoms with Crippen LogP contribution in [-0.4, -0.2) is 57.3 Å². The lowest BCUT2D eigenvalue weighted by Crippen LogP contribution is -2.53. The van der Waals surface area contributed by atoms with Gasteiger partial charge in [0.15, 0.2) is 0 Å². The topological polar surface area (TPSA) is 81.1 Å². The van der Waals surface area contributed by atoms with Crippen molar-refractivity contribution in [3.8, 4) is 0 Å². The number of rotatable bonds is 3. The summed E-state index contributed by atoms with van der Waals surface area (Å²) in [6.07, 6.45) is -0.811. The van der Waals surface area contributed by atoms with E-state index in [0.717, 1.165) is 4.90 Å². The SMILES string of the molecule is CCC1(C(=O)O)CC2=C(CN(C(=O)O)CC2)N1C(F)F. The van der Waals surface area contributed by atoms with Gasteiger partial charge >= 0.3 is 18.6 Å². The van der Waals surface area contributed by atoms with Crippen molar-refractivity contribution in [3.63, 3.8) is 0 Å². The van der Waals surface area contributed by atoms with E-state index in [4.69, 9.17) is 5.11 Å². The van der Waals surface area contributed by atoms with Crippen LogP contribution < -0.4 is 0 Å². The maximum absolute atomic E-state index is 13.3. The van der Waals surface area contributed by atoms with Gasteiger partial charge in [-0.3, -0.25) is 0 Å². The van der Waals surface area contributed by atoms with Crippen molar-refractivity contribution in [3.05, 3.63) is 11.3 Å². The molecule has 0 aromatic carbocycles. The van der Waals surface area contributed by atoms with Gasteiger partial charge in [0.05, 0.1) is 6.54 Å². The summed E-state index contributed by atoms with van der Waals surface area (Å²) >= 11 is 0. The average molecular weight is 290 g/mol. The fourth-order valence-corrected chi connectivity index (χ4v) is 3.01. The fourth-order valence-electron chi connectivity index (χ4n) is 3.01. The Morgan fingerprint density at radius 3 is 2.50 bits per heavy atom. The molecule has 2 N–H and O–H groups in total. The number of nitrogens with zero attached hydrogens (tertiary/aromatic N) is 2. The van der Waals surface area contributed by atoms with Gasteiger partial charge in [-0.1, -0.05) is 6.92 Å². The molecule has 1 amide bonds. The molecule has 0 radical (unpaired) electrons. The van der Waals surface area contributed by atoms with Gasteiger partial charge < -0.3 is 20.0 Å². The van der Waals surface area contributed by atoms with E-state index < -0.39 is 24.2 Å². The highest BCUT2D eigenvalue weighted by Gasteiger charge is 2.54. The summed E-state index contributed by atoms with van der Waals surface area (Å²) in [5.74, 6) is -1.29. The molecular weight excluding hydrogens is 274 g/mol. The van der Waals surface area contributed by atoms with Gasteiger partial charge in [-0.2, -0.15) is 8.78 Å². The molecule has 8 heteroatoms. The number of carbonyl (C=O) groups is 2. The summed E-state index contributed by atoms with van der Waals surface area (Å²) in [5, 5.41) is 18.3. The van der Waals surface area contributed by atoms with Crippen molar-refractivity contribution >= 4 is 12.1 Å². The molecule has 0 bridgehead atoms. The standard InChI is InChI=1S/C12H16F2N2O4/c1-2-12(9(17)18)5-7-3-4-15(11(19)20)6-8(7)16(12)10(13)14/h10H,2-6H2,1H3,(H,17,18)(H,19,20). The minimum absolute atomic E-state index is 0.0337. The summed E-state index contributed by atoms with van der Waals surface area (Å²) in [6, 6.07) is 0. The predicted molar refractivity (Wildman–Crippen MR) is 64.4 cm³/mol. The number of carboxylic acid groups (broad SMARTS) is 2. The Morgan fingerprint density at radius 1 is 1.40 bits per heavy atom. The lowest BCUT2D eigenvalue weighted by atomic mass is 9.89. The van der Waals surface area contributed by atoms with Crippen LogP contribution in [0, 0.1) is 0 Å². The molecule has 0 aliphatic carbocycles. The fraction of sp³-hybridized carbons (Fsp3) is 0.667. The Hall–Kier alpha value is -1.86. The largest absolute Gasteiger partial charge is 0.479 e. The van der Waals surface area contributed by atoms with Crippen molar-refractivity contribution < 1.29 is 28.6 Å². The number of halogens is 2. The second-order valence-corrected chi connectivity index (χ2v) is 5.02.